The van der Waals surface area contributed by atoms with Crippen LogP contribution < -0.4 is 15.4 Å². The summed E-state index contributed by atoms with van der Waals surface area (Å²) in [5.74, 6) is 1.01. The van der Waals surface area contributed by atoms with Gasteiger partial charge in [0.2, 0.25) is 0 Å². The molecule has 0 bridgehead atoms. The second-order valence-electron chi connectivity index (χ2n) is 4.91. The first-order valence-corrected chi connectivity index (χ1v) is 6.96. The van der Waals surface area contributed by atoms with Crippen molar-refractivity contribution >= 4 is 0 Å². The van der Waals surface area contributed by atoms with Crippen LogP contribution in [0.5, 0.6) is 5.75 Å². The van der Waals surface area contributed by atoms with Crippen molar-refractivity contribution in [2.75, 3.05) is 26.7 Å². The summed E-state index contributed by atoms with van der Waals surface area (Å²) in [5.41, 5.74) is 1.31. The molecule has 1 aromatic carbocycles. The van der Waals surface area contributed by atoms with Crippen molar-refractivity contribution in [1.82, 2.24) is 10.6 Å². The Bertz CT molecular complexity index is 348. The van der Waals surface area contributed by atoms with Gasteiger partial charge in [0.05, 0.1) is 7.11 Å². The molecule has 1 atom stereocenters. The van der Waals surface area contributed by atoms with E-state index in [0.717, 1.165) is 31.7 Å². The lowest BCUT2D eigenvalue weighted by Gasteiger charge is -2.23. The molecule has 0 radical (unpaired) electrons. The number of ether oxygens (including phenoxy) is 1. The molecule has 1 aliphatic rings. The van der Waals surface area contributed by atoms with Crippen molar-refractivity contribution < 1.29 is 4.74 Å². The molecule has 1 fully saturated rings. The Morgan fingerprint density at radius 2 is 2.28 bits per heavy atom. The van der Waals surface area contributed by atoms with Crippen LogP contribution in [0.2, 0.25) is 0 Å². The van der Waals surface area contributed by atoms with Crippen molar-refractivity contribution in [3.05, 3.63) is 29.8 Å². The van der Waals surface area contributed by atoms with Crippen LogP contribution in [0.15, 0.2) is 24.3 Å². The van der Waals surface area contributed by atoms with Gasteiger partial charge in [-0.15, -0.1) is 0 Å². The number of piperidine rings is 1. The summed E-state index contributed by atoms with van der Waals surface area (Å²) in [4.78, 5) is 0. The first-order chi connectivity index (χ1) is 8.90. The molecule has 18 heavy (non-hydrogen) atoms. The standard InChI is InChI=1S/C15H24N2O/c1-18-15-9-3-2-6-13(15)7-4-11-17-14-8-5-10-16-12-14/h2-3,6,9,14,16-17H,4-5,7-8,10-12H2,1H3/t14-/m1/s1. The number of hydrogen-bond donors (Lipinski definition) is 2. The van der Waals surface area contributed by atoms with E-state index in [0.29, 0.717) is 6.04 Å². The molecule has 0 saturated carbocycles. The average Bonchev–Trinajstić information content (AvgIpc) is 2.45. The van der Waals surface area contributed by atoms with E-state index in [1.54, 1.807) is 7.11 Å². The van der Waals surface area contributed by atoms with Gasteiger partial charge >= 0.3 is 0 Å². The van der Waals surface area contributed by atoms with E-state index in [1.165, 1.54) is 24.9 Å². The molecule has 1 heterocycles. The Hall–Kier alpha value is -1.06. The number of aryl methyl sites for hydroxylation is 1. The van der Waals surface area contributed by atoms with Crippen LogP contribution >= 0.6 is 0 Å². The minimum atomic E-state index is 0.663. The summed E-state index contributed by atoms with van der Waals surface area (Å²) >= 11 is 0. The molecule has 0 aliphatic carbocycles. The Balaban J connectivity index is 1.68. The summed E-state index contributed by atoms with van der Waals surface area (Å²) in [7, 11) is 1.74. The Morgan fingerprint density at radius 1 is 1.39 bits per heavy atom. The van der Waals surface area contributed by atoms with Gasteiger partial charge in [0.1, 0.15) is 5.75 Å². The van der Waals surface area contributed by atoms with Gasteiger partial charge in [-0.2, -0.15) is 0 Å². The maximum atomic E-state index is 5.36. The monoisotopic (exact) mass is 248 g/mol. The van der Waals surface area contributed by atoms with E-state index < -0.39 is 0 Å². The maximum absolute atomic E-state index is 5.36. The predicted octanol–water partition coefficient (Wildman–Crippen LogP) is 1.97. The normalized spacial score (nSPS) is 19.7. The van der Waals surface area contributed by atoms with Crippen molar-refractivity contribution in [3.8, 4) is 5.75 Å². The molecule has 3 nitrogen and oxygen atoms in total. The van der Waals surface area contributed by atoms with Gasteiger partial charge in [0.15, 0.2) is 0 Å². The first kappa shape index (κ1) is 13.4. The molecule has 1 aromatic rings. The zero-order valence-corrected chi connectivity index (χ0v) is 11.2. The van der Waals surface area contributed by atoms with Gasteiger partial charge < -0.3 is 15.4 Å². The summed E-state index contributed by atoms with van der Waals surface area (Å²) in [6.45, 7) is 3.39. The maximum Gasteiger partial charge on any atom is 0.122 e. The molecular weight excluding hydrogens is 224 g/mol. The second kappa shape index (κ2) is 7.39. The molecule has 2 rings (SSSR count). The highest BCUT2D eigenvalue weighted by atomic mass is 16.5. The average molecular weight is 248 g/mol. The highest BCUT2D eigenvalue weighted by Gasteiger charge is 2.11. The van der Waals surface area contributed by atoms with Crippen molar-refractivity contribution in [2.45, 2.75) is 31.7 Å². The molecule has 1 saturated heterocycles. The fourth-order valence-electron chi connectivity index (χ4n) is 2.52. The fourth-order valence-corrected chi connectivity index (χ4v) is 2.52. The third-order valence-electron chi connectivity index (χ3n) is 3.55. The zero-order valence-electron chi connectivity index (χ0n) is 11.2. The summed E-state index contributed by atoms with van der Waals surface area (Å²) in [6.07, 6.45) is 4.85. The molecule has 1 aliphatic heterocycles. The van der Waals surface area contributed by atoms with E-state index in [1.807, 2.05) is 12.1 Å². The van der Waals surface area contributed by atoms with Crippen LogP contribution in [-0.2, 0) is 6.42 Å². The zero-order chi connectivity index (χ0) is 12.6. The highest BCUT2D eigenvalue weighted by Crippen LogP contribution is 2.18. The molecule has 2 N–H and O–H groups in total. The molecule has 3 heteroatoms. The fraction of sp³-hybridized carbons (Fsp3) is 0.600. The third-order valence-corrected chi connectivity index (χ3v) is 3.55. The number of methoxy groups -OCH3 is 1. The van der Waals surface area contributed by atoms with Gasteiger partial charge in [-0.1, -0.05) is 18.2 Å². The topological polar surface area (TPSA) is 33.3 Å². The van der Waals surface area contributed by atoms with Gasteiger partial charge in [0, 0.05) is 12.6 Å². The largest absolute Gasteiger partial charge is 0.496 e. The van der Waals surface area contributed by atoms with E-state index in [2.05, 4.69) is 22.8 Å². The first-order valence-electron chi connectivity index (χ1n) is 6.96. The smallest absolute Gasteiger partial charge is 0.122 e. The minimum Gasteiger partial charge on any atom is -0.496 e. The molecule has 0 unspecified atom stereocenters. The summed E-state index contributed by atoms with van der Waals surface area (Å²) in [6, 6.07) is 8.95. The lowest BCUT2D eigenvalue weighted by atomic mass is 10.1. The number of rotatable bonds is 6. The van der Waals surface area contributed by atoms with Gasteiger partial charge in [0.25, 0.3) is 0 Å². The molecule has 100 valence electrons. The van der Waals surface area contributed by atoms with Crippen LogP contribution in [0.3, 0.4) is 0 Å². The quantitative estimate of drug-likeness (QED) is 0.755. The molecule has 0 amide bonds. The Morgan fingerprint density at radius 3 is 3.06 bits per heavy atom. The highest BCUT2D eigenvalue weighted by molar-refractivity contribution is 5.33. The lowest BCUT2D eigenvalue weighted by molar-refractivity contribution is 0.386. The Kier molecular flexibility index (Phi) is 5.49. The van der Waals surface area contributed by atoms with Crippen LogP contribution in [0, 0.1) is 0 Å². The van der Waals surface area contributed by atoms with Crippen LogP contribution in [0.4, 0.5) is 0 Å². The van der Waals surface area contributed by atoms with E-state index in [4.69, 9.17) is 4.74 Å². The SMILES string of the molecule is COc1ccccc1CCCN[C@@H]1CCCNC1. The van der Waals surface area contributed by atoms with Crippen molar-refractivity contribution in [2.24, 2.45) is 0 Å². The second-order valence-corrected chi connectivity index (χ2v) is 4.91. The van der Waals surface area contributed by atoms with Crippen LogP contribution in [0.1, 0.15) is 24.8 Å². The van der Waals surface area contributed by atoms with Gasteiger partial charge in [-0.05, 0) is 50.4 Å². The van der Waals surface area contributed by atoms with Crippen LogP contribution in [-0.4, -0.2) is 32.8 Å². The number of benzene rings is 1. The third kappa shape index (κ3) is 4.00. The van der Waals surface area contributed by atoms with Crippen molar-refractivity contribution in [1.29, 1.82) is 0 Å². The molecular formula is C15H24N2O. The molecule has 0 spiro atoms. The lowest BCUT2D eigenvalue weighted by Crippen LogP contribution is -2.43. The van der Waals surface area contributed by atoms with E-state index >= 15 is 0 Å². The number of para-hydroxylation sites is 1. The van der Waals surface area contributed by atoms with E-state index in [-0.39, 0.29) is 0 Å². The number of hydrogen-bond acceptors (Lipinski definition) is 3. The summed E-state index contributed by atoms with van der Waals surface area (Å²) < 4.78 is 5.36. The van der Waals surface area contributed by atoms with Crippen LogP contribution in [0.25, 0.3) is 0 Å². The number of nitrogens with one attached hydrogen (secondary N) is 2. The van der Waals surface area contributed by atoms with Gasteiger partial charge in [-0.3, -0.25) is 0 Å². The van der Waals surface area contributed by atoms with E-state index in [9.17, 15) is 0 Å². The van der Waals surface area contributed by atoms with Crippen molar-refractivity contribution in [3.63, 3.8) is 0 Å². The Labute approximate surface area is 110 Å². The minimum absolute atomic E-state index is 0.663. The predicted molar refractivity (Wildman–Crippen MR) is 75.2 cm³/mol. The molecule has 0 aromatic heterocycles. The van der Waals surface area contributed by atoms with Gasteiger partial charge in [-0.25, -0.2) is 0 Å². The summed E-state index contributed by atoms with van der Waals surface area (Å²) in [5, 5.41) is 7.06.